The molecule has 0 spiro atoms. The largest absolute Gasteiger partial charge is 0.300 e. The molecule has 52 valence electrons. The predicted octanol–water partition coefficient (Wildman–Crippen LogP) is 1.49. The van der Waals surface area contributed by atoms with Crippen LogP contribution in [0.4, 0.5) is 0 Å². The van der Waals surface area contributed by atoms with Crippen molar-refractivity contribution in [1.82, 2.24) is 4.90 Å². The van der Waals surface area contributed by atoms with Crippen molar-refractivity contribution in [2.75, 3.05) is 7.05 Å². The standard InChI is InChI=1S/C8H15N/c1-6-7-3-4-8(5-7)9(6)2/h6-8H,3-5H2,1-2H3/t6-,7-,8+/m0/s1. The summed E-state index contributed by atoms with van der Waals surface area (Å²) in [5, 5.41) is 0. The van der Waals surface area contributed by atoms with Gasteiger partial charge in [-0.05, 0) is 39.2 Å². The molecule has 1 heterocycles. The van der Waals surface area contributed by atoms with Gasteiger partial charge < -0.3 is 4.90 Å². The molecule has 3 atom stereocenters. The van der Waals surface area contributed by atoms with Crippen LogP contribution in [0.1, 0.15) is 26.2 Å². The minimum atomic E-state index is 0.878. The predicted molar refractivity (Wildman–Crippen MR) is 38.4 cm³/mol. The van der Waals surface area contributed by atoms with Crippen LogP contribution in [0.3, 0.4) is 0 Å². The smallest absolute Gasteiger partial charge is 0.00984 e. The Morgan fingerprint density at radius 2 is 2.11 bits per heavy atom. The maximum Gasteiger partial charge on any atom is 0.00984 e. The summed E-state index contributed by atoms with van der Waals surface area (Å²) < 4.78 is 0. The van der Waals surface area contributed by atoms with E-state index < -0.39 is 0 Å². The fourth-order valence-electron chi connectivity index (χ4n) is 2.46. The summed E-state index contributed by atoms with van der Waals surface area (Å²) in [7, 11) is 2.27. The lowest BCUT2D eigenvalue weighted by molar-refractivity contribution is 0.190. The van der Waals surface area contributed by atoms with E-state index in [9.17, 15) is 0 Å². The minimum Gasteiger partial charge on any atom is -0.300 e. The van der Waals surface area contributed by atoms with Gasteiger partial charge in [-0.25, -0.2) is 0 Å². The van der Waals surface area contributed by atoms with Gasteiger partial charge in [-0.15, -0.1) is 0 Å². The summed E-state index contributed by atoms with van der Waals surface area (Å²) in [5.74, 6) is 1.04. The first kappa shape index (κ1) is 5.72. The Bertz CT molecular complexity index is 104. The normalized spacial score (nSPS) is 50.7. The van der Waals surface area contributed by atoms with E-state index in [4.69, 9.17) is 0 Å². The van der Waals surface area contributed by atoms with Gasteiger partial charge >= 0.3 is 0 Å². The van der Waals surface area contributed by atoms with E-state index in [1.165, 1.54) is 19.3 Å². The van der Waals surface area contributed by atoms with Gasteiger partial charge in [-0.2, -0.15) is 0 Å². The fourth-order valence-corrected chi connectivity index (χ4v) is 2.46. The third-order valence-electron chi connectivity index (χ3n) is 3.35. The van der Waals surface area contributed by atoms with Crippen LogP contribution >= 0.6 is 0 Å². The van der Waals surface area contributed by atoms with Gasteiger partial charge in [0.2, 0.25) is 0 Å². The van der Waals surface area contributed by atoms with E-state index in [0.29, 0.717) is 0 Å². The van der Waals surface area contributed by atoms with E-state index in [0.717, 1.165) is 18.0 Å². The molecular weight excluding hydrogens is 110 g/mol. The van der Waals surface area contributed by atoms with Crippen molar-refractivity contribution >= 4 is 0 Å². The third kappa shape index (κ3) is 0.644. The van der Waals surface area contributed by atoms with Crippen molar-refractivity contribution < 1.29 is 0 Å². The molecule has 2 rings (SSSR count). The van der Waals surface area contributed by atoms with Crippen LogP contribution in [0, 0.1) is 5.92 Å². The second-order valence-electron chi connectivity index (χ2n) is 3.63. The summed E-state index contributed by atoms with van der Waals surface area (Å²) in [4.78, 5) is 2.55. The van der Waals surface area contributed by atoms with Gasteiger partial charge in [0, 0.05) is 12.1 Å². The van der Waals surface area contributed by atoms with Crippen LogP contribution in [-0.4, -0.2) is 24.0 Å². The van der Waals surface area contributed by atoms with Crippen LogP contribution in [0.15, 0.2) is 0 Å². The van der Waals surface area contributed by atoms with E-state index in [2.05, 4.69) is 18.9 Å². The molecule has 0 radical (unpaired) electrons. The minimum absolute atomic E-state index is 0.878. The number of rotatable bonds is 0. The van der Waals surface area contributed by atoms with Crippen molar-refractivity contribution in [2.45, 2.75) is 38.3 Å². The summed E-state index contributed by atoms with van der Waals surface area (Å²) in [6.07, 6.45) is 4.44. The van der Waals surface area contributed by atoms with Gasteiger partial charge in [-0.1, -0.05) is 0 Å². The second-order valence-corrected chi connectivity index (χ2v) is 3.63. The summed E-state index contributed by atoms with van der Waals surface area (Å²) in [6.45, 7) is 2.36. The average Bonchev–Trinajstić information content (AvgIpc) is 2.37. The fraction of sp³-hybridized carbons (Fsp3) is 1.00. The van der Waals surface area contributed by atoms with E-state index >= 15 is 0 Å². The van der Waals surface area contributed by atoms with Crippen LogP contribution in [-0.2, 0) is 0 Å². The monoisotopic (exact) mass is 125 g/mol. The quantitative estimate of drug-likeness (QED) is 0.474. The van der Waals surface area contributed by atoms with Gasteiger partial charge in [0.25, 0.3) is 0 Å². The molecule has 2 bridgehead atoms. The Morgan fingerprint density at radius 3 is 2.44 bits per heavy atom. The molecule has 2 aliphatic rings. The molecule has 1 aliphatic carbocycles. The Morgan fingerprint density at radius 1 is 1.33 bits per heavy atom. The molecule has 1 heteroatoms. The van der Waals surface area contributed by atoms with Crippen molar-refractivity contribution in [2.24, 2.45) is 5.92 Å². The molecule has 0 amide bonds. The van der Waals surface area contributed by atoms with E-state index in [1.807, 2.05) is 0 Å². The van der Waals surface area contributed by atoms with Crippen molar-refractivity contribution in [3.63, 3.8) is 0 Å². The molecule has 2 fully saturated rings. The number of fused-ring (bicyclic) bond motifs is 2. The van der Waals surface area contributed by atoms with Crippen LogP contribution in [0.5, 0.6) is 0 Å². The topological polar surface area (TPSA) is 3.24 Å². The molecule has 0 aromatic rings. The van der Waals surface area contributed by atoms with Gasteiger partial charge in [0.15, 0.2) is 0 Å². The SMILES string of the molecule is C[C@H]1[C@H]2CC[C@H](C2)N1C. The first-order valence-electron chi connectivity index (χ1n) is 4.01. The van der Waals surface area contributed by atoms with Gasteiger partial charge in [0.05, 0.1) is 0 Å². The lowest BCUT2D eigenvalue weighted by Crippen LogP contribution is -2.35. The highest BCUT2D eigenvalue weighted by Crippen LogP contribution is 2.40. The Balaban J connectivity index is 2.15. The van der Waals surface area contributed by atoms with Crippen molar-refractivity contribution in [1.29, 1.82) is 0 Å². The second kappa shape index (κ2) is 1.72. The molecule has 0 N–H and O–H groups in total. The van der Waals surface area contributed by atoms with Crippen LogP contribution in [0.2, 0.25) is 0 Å². The molecular formula is C8H15N. The molecule has 9 heavy (non-hydrogen) atoms. The molecule has 0 aromatic carbocycles. The highest BCUT2D eigenvalue weighted by atomic mass is 15.2. The third-order valence-corrected chi connectivity index (χ3v) is 3.35. The number of hydrogen-bond acceptors (Lipinski definition) is 1. The Labute approximate surface area is 57.0 Å². The van der Waals surface area contributed by atoms with Crippen molar-refractivity contribution in [3.8, 4) is 0 Å². The zero-order valence-corrected chi connectivity index (χ0v) is 6.30. The molecule has 1 aliphatic heterocycles. The summed E-state index contributed by atoms with van der Waals surface area (Å²) in [6, 6.07) is 1.83. The maximum atomic E-state index is 2.55. The molecule has 0 unspecified atom stereocenters. The number of nitrogens with zero attached hydrogens (tertiary/aromatic N) is 1. The molecule has 1 nitrogen and oxygen atoms in total. The first-order valence-corrected chi connectivity index (χ1v) is 4.01. The van der Waals surface area contributed by atoms with Gasteiger partial charge in [-0.3, -0.25) is 0 Å². The molecule has 0 aromatic heterocycles. The lowest BCUT2D eigenvalue weighted by Gasteiger charge is -2.28. The zero-order valence-electron chi connectivity index (χ0n) is 6.30. The maximum absolute atomic E-state index is 2.55. The highest BCUT2D eigenvalue weighted by molar-refractivity contribution is 4.95. The summed E-state index contributed by atoms with van der Waals surface area (Å²) >= 11 is 0. The van der Waals surface area contributed by atoms with Crippen LogP contribution < -0.4 is 0 Å². The van der Waals surface area contributed by atoms with Crippen molar-refractivity contribution in [3.05, 3.63) is 0 Å². The van der Waals surface area contributed by atoms with E-state index in [-0.39, 0.29) is 0 Å². The molecule has 1 saturated carbocycles. The molecule has 1 saturated heterocycles. The zero-order chi connectivity index (χ0) is 6.43. The van der Waals surface area contributed by atoms with Gasteiger partial charge in [0.1, 0.15) is 0 Å². The Kier molecular flexibility index (Phi) is 1.10. The van der Waals surface area contributed by atoms with E-state index in [1.54, 1.807) is 0 Å². The lowest BCUT2D eigenvalue weighted by atomic mass is 10.0. The van der Waals surface area contributed by atoms with Crippen LogP contribution in [0.25, 0.3) is 0 Å². The number of likely N-dealkylation sites (tertiary alicyclic amines) is 1. The Hall–Kier alpha value is -0.0400. The highest BCUT2D eigenvalue weighted by Gasteiger charge is 2.40. The average molecular weight is 125 g/mol. The number of piperidine rings is 1. The summed E-state index contributed by atoms with van der Waals surface area (Å²) in [5.41, 5.74) is 0. The first-order chi connectivity index (χ1) is 4.29. The number of hydrogen-bond donors (Lipinski definition) is 0.